The first-order valence-electron chi connectivity index (χ1n) is 6.19. The van der Waals surface area contributed by atoms with E-state index < -0.39 is 0 Å². The van der Waals surface area contributed by atoms with Crippen molar-refractivity contribution in [2.75, 3.05) is 40.5 Å². The largest absolute Gasteiger partial charge is 0.383 e. The highest BCUT2D eigenvalue weighted by Crippen LogP contribution is 2.31. The van der Waals surface area contributed by atoms with Crippen LogP contribution in [0.3, 0.4) is 0 Å². The molecule has 1 heterocycles. The third-order valence-corrected chi connectivity index (χ3v) is 4.41. The molecule has 0 saturated heterocycles. The number of Topliss-reactive ketones (excluding diaryl/α,β-unsaturated/α-hetero) is 1. The quantitative estimate of drug-likeness (QED) is 0.647. The van der Waals surface area contributed by atoms with E-state index in [1.807, 2.05) is 11.8 Å². The highest BCUT2D eigenvalue weighted by atomic mass is 35.5. The van der Waals surface area contributed by atoms with E-state index in [2.05, 4.69) is 0 Å². The zero-order chi connectivity index (χ0) is 15.1. The molecule has 0 aliphatic rings. The van der Waals surface area contributed by atoms with E-state index >= 15 is 0 Å². The summed E-state index contributed by atoms with van der Waals surface area (Å²) in [4.78, 5) is 14.3. The molecular weight excluding hydrogens is 321 g/mol. The molecule has 1 atom stereocenters. The normalized spacial score (nSPS) is 12.9. The van der Waals surface area contributed by atoms with Crippen LogP contribution in [0.25, 0.3) is 0 Å². The highest BCUT2D eigenvalue weighted by Gasteiger charge is 2.21. The first kappa shape index (κ1) is 17.9. The fraction of sp³-hybridized carbons (Fsp3) is 0.615. The van der Waals surface area contributed by atoms with Gasteiger partial charge in [0.25, 0.3) is 0 Å². The lowest BCUT2D eigenvalue weighted by Crippen LogP contribution is -2.41. The summed E-state index contributed by atoms with van der Waals surface area (Å²) in [6.45, 7) is 4.03. The number of carbonyl (C=O) groups is 1. The van der Waals surface area contributed by atoms with E-state index in [1.165, 1.54) is 11.3 Å². The maximum atomic E-state index is 12.3. The van der Waals surface area contributed by atoms with Crippen LogP contribution in [0.4, 0.5) is 0 Å². The van der Waals surface area contributed by atoms with Gasteiger partial charge in [0, 0.05) is 26.8 Å². The SMILES string of the molecule is COCCN(CC(=O)c1cc(Cl)sc1Cl)C(C)COC. The summed E-state index contributed by atoms with van der Waals surface area (Å²) in [7, 11) is 3.28. The van der Waals surface area contributed by atoms with E-state index in [-0.39, 0.29) is 18.4 Å². The van der Waals surface area contributed by atoms with Gasteiger partial charge < -0.3 is 9.47 Å². The lowest BCUT2D eigenvalue weighted by Gasteiger charge is -2.27. The van der Waals surface area contributed by atoms with Crippen LogP contribution in [0.5, 0.6) is 0 Å². The fourth-order valence-corrected chi connectivity index (χ4v) is 3.31. The van der Waals surface area contributed by atoms with Crippen molar-refractivity contribution in [1.29, 1.82) is 0 Å². The van der Waals surface area contributed by atoms with Gasteiger partial charge in [-0.2, -0.15) is 0 Å². The van der Waals surface area contributed by atoms with Gasteiger partial charge in [0.2, 0.25) is 0 Å². The Labute approximate surface area is 133 Å². The average molecular weight is 340 g/mol. The Morgan fingerprint density at radius 2 is 2.10 bits per heavy atom. The van der Waals surface area contributed by atoms with Crippen molar-refractivity contribution in [3.8, 4) is 0 Å². The van der Waals surface area contributed by atoms with Gasteiger partial charge >= 0.3 is 0 Å². The Morgan fingerprint density at radius 3 is 2.60 bits per heavy atom. The van der Waals surface area contributed by atoms with E-state index in [9.17, 15) is 4.79 Å². The van der Waals surface area contributed by atoms with Crippen LogP contribution < -0.4 is 0 Å². The summed E-state index contributed by atoms with van der Waals surface area (Å²) < 4.78 is 11.2. The van der Waals surface area contributed by atoms with Crippen molar-refractivity contribution in [2.45, 2.75) is 13.0 Å². The number of ketones is 1. The van der Waals surface area contributed by atoms with Crippen molar-refractivity contribution < 1.29 is 14.3 Å². The van der Waals surface area contributed by atoms with Crippen LogP contribution in [-0.4, -0.2) is 57.2 Å². The number of hydrogen-bond donors (Lipinski definition) is 0. The Kier molecular flexibility index (Phi) is 8.02. The molecule has 1 unspecified atom stereocenters. The molecule has 0 amide bonds. The topological polar surface area (TPSA) is 38.8 Å². The highest BCUT2D eigenvalue weighted by molar-refractivity contribution is 7.20. The van der Waals surface area contributed by atoms with Gasteiger partial charge in [-0.15, -0.1) is 11.3 Å². The minimum atomic E-state index is -0.0443. The Balaban J connectivity index is 2.72. The summed E-state index contributed by atoms with van der Waals surface area (Å²) in [6, 6.07) is 1.74. The minimum Gasteiger partial charge on any atom is -0.383 e. The number of hydrogen-bond acceptors (Lipinski definition) is 5. The van der Waals surface area contributed by atoms with Gasteiger partial charge in [0.1, 0.15) is 4.34 Å². The van der Waals surface area contributed by atoms with Gasteiger partial charge in [0.15, 0.2) is 5.78 Å². The molecule has 0 aliphatic heterocycles. The van der Waals surface area contributed by atoms with Gasteiger partial charge in [-0.3, -0.25) is 9.69 Å². The Morgan fingerprint density at radius 1 is 1.40 bits per heavy atom. The molecule has 1 rings (SSSR count). The second-order valence-electron chi connectivity index (χ2n) is 4.43. The van der Waals surface area contributed by atoms with Crippen LogP contribution in [0, 0.1) is 0 Å². The number of halogens is 2. The minimum absolute atomic E-state index is 0.0443. The predicted octanol–water partition coefficient (Wildman–Crippen LogP) is 3.22. The average Bonchev–Trinajstić information content (AvgIpc) is 2.73. The van der Waals surface area contributed by atoms with Gasteiger partial charge in [-0.25, -0.2) is 0 Å². The lowest BCUT2D eigenvalue weighted by atomic mass is 10.2. The number of thiophene rings is 1. The van der Waals surface area contributed by atoms with E-state index in [0.717, 1.165) is 0 Å². The van der Waals surface area contributed by atoms with Crippen molar-refractivity contribution in [2.24, 2.45) is 0 Å². The Hall–Kier alpha value is -0.170. The molecule has 4 nitrogen and oxygen atoms in total. The molecule has 0 aliphatic carbocycles. The maximum absolute atomic E-state index is 12.3. The third kappa shape index (κ3) is 5.31. The lowest BCUT2D eigenvalue weighted by molar-refractivity contribution is 0.0651. The standard InChI is InChI=1S/C13H19Cl2NO3S/c1-9(8-19-3)16(4-5-18-2)7-11(17)10-6-12(14)20-13(10)15/h6,9H,4-5,7-8H2,1-3H3. The number of methoxy groups -OCH3 is 2. The number of rotatable bonds is 9. The monoisotopic (exact) mass is 339 g/mol. The first-order chi connectivity index (χ1) is 9.49. The molecule has 0 fully saturated rings. The zero-order valence-corrected chi connectivity index (χ0v) is 14.1. The van der Waals surface area contributed by atoms with Crippen LogP contribution in [-0.2, 0) is 9.47 Å². The maximum Gasteiger partial charge on any atom is 0.179 e. The molecule has 0 spiro atoms. The van der Waals surface area contributed by atoms with Gasteiger partial charge in [0.05, 0.1) is 29.7 Å². The summed E-state index contributed by atoms with van der Waals surface area (Å²) in [5.74, 6) is -0.0443. The molecule has 0 radical (unpaired) electrons. The number of ether oxygens (including phenoxy) is 2. The van der Waals surface area contributed by atoms with E-state index in [0.29, 0.717) is 34.0 Å². The molecule has 0 N–H and O–H groups in total. The van der Waals surface area contributed by atoms with Crippen molar-refractivity contribution in [3.63, 3.8) is 0 Å². The van der Waals surface area contributed by atoms with E-state index in [4.69, 9.17) is 32.7 Å². The number of carbonyl (C=O) groups excluding carboxylic acids is 1. The molecule has 1 aromatic heterocycles. The zero-order valence-electron chi connectivity index (χ0n) is 11.8. The molecule has 20 heavy (non-hydrogen) atoms. The molecule has 114 valence electrons. The first-order valence-corrected chi connectivity index (χ1v) is 7.76. The van der Waals surface area contributed by atoms with Gasteiger partial charge in [-0.05, 0) is 13.0 Å². The van der Waals surface area contributed by atoms with Crippen LogP contribution in [0.15, 0.2) is 6.07 Å². The summed E-state index contributed by atoms with van der Waals surface area (Å²) in [5.41, 5.74) is 0.480. The van der Waals surface area contributed by atoms with Crippen molar-refractivity contribution >= 4 is 40.3 Å². The van der Waals surface area contributed by atoms with E-state index in [1.54, 1.807) is 20.3 Å². The van der Waals surface area contributed by atoms with Crippen molar-refractivity contribution in [1.82, 2.24) is 4.90 Å². The summed E-state index contributed by atoms with van der Waals surface area (Å²) >= 11 is 13.1. The van der Waals surface area contributed by atoms with Gasteiger partial charge in [-0.1, -0.05) is 23.2 Å². The van der Waals surface area contributed by atoms with Crippen molar-refractivity contribution in [3.05, 3.63) is 20.3 Å². The summed E-state index contributed by atoms with van der Waals surface area (Å²) in [6.07, 6.45) is 0. The third-order valence-electron chi connectivity index (χ3n) is 2.92. The smallest absolute Gasteiger partial charge is 0.179 e. The Bertz CT molecular complexity index is 439. The summed E-state index contributed by atoms with van der Waals surface area (Å²) in [5, 5.41) is 0. The van der Waals surface area contributed by atoms with Crippen LogP contribution in [0.1, 0.15) is 17.3 Å². The molecule has 1 aromatic rings. The van der Waals surface area contributed by atoms with Crippen LogP contribution in [0.2, 0.25) is 8.67 Å². The van der Waals surface area contributed by atoms with Crippen LogP contribution >= 0.6 is 34.5 Å². The second-order valence-corrected chi connectivity index (χ2v) is 6.71. The predicted molar refractivity (Wildman–Crippen MR) is 83.5 cm³/mol. The molecule has 0 aromatic carbocycles. The molecular formula is C13H19Cl2NO3S. The molecule has 7 heteroatoms. The second kappa shape index (κ2) is 8.97. The molecule has 0 bridgehead atoms. The fourth-order valence-electron chi connectivity index (χ4n) is 1.81. The number of nitrogens with zero attached hydrogens (tertiary/aromatic N) is 1. The molecule has 0 saturated carbocycles.